The molecule has 0 aliphatic carbocycles. The van der Waals surface area contributed by atoms with E-state index in [4.69, 9.17) is 9.47 Å². The fraction of sp³-hybridized carbons (Fsp3) is 0.750. The highest BCUT2D eigenvalue weighted by Crippen LogP contribution is 2.17. The first-order chi connectivity index (χ1) is 8.92. The van der Waals surface area contributed by atoms with Gasteiger partial charge in [0.15, 0.2) is 5.16 Å². The van der Waals surface area contributed by atoms with Crippen LogP contribution in [0.25, 0.3) is 0 Å². The molecule has 19 heavy (non-hydrogen) atoms. The predicted octanol–water partition coefficient (Wildman–Crippen LogP) is 1.75. The number of hydrogen-bond acceptors (Lipinski definition) is 6. The quantitative estimate of drug-likeness (QED) is 0.432. The van der Waals surface area contributed by atoms with E-state index < -0.39 is 5.60 Å². The van der Waals surface area contributed by atoms with E-state index in [2.05, 4.69) is 10.2 Å². The minimum absolute atomic E-state index is 0.236. The number of nitrogens with zero attached hydrogens (tertiary/aromatic N) is 3. The molecule has 0 N–H and O–H groups in total. The van der Waals surface area contributed by atoms with Crippen LogP contribution >= 0.6 is 11.8 Å². The molecule has 0 aromatic carbocycles. The highest BCUT2D eigenvalue weighted by molar-refractivity contribution is 7.99. The number of aromatic nitrogens is 3. The van der Waals surface area contributed by atoms with E-state index in [1.807, 2.05) is 25.3 Å². The number of rotatable bonds is 7. The van der Waals surface area contributed by atoms with E-state index in [-0.39, 0.29) is 11.7 Å². The number of hydrogen-bond donors (Lipinski definition) is 0. The average molecular weight is 287 g/mol. The van der Waals surface area contributed by atoms with E-state index in [0.717, 1.165) is 18.1 Å². The Kier molecular flexibility index (Phi) is 6.30. The summed E-state index contributed by atoms with van der Waals surface area (Å²) in [6, 6.07) is 0. The molecule has 108 valence electrons. The summed E-state index contributed by atoms with van der Waals surface area (Å²) in [7, 11) is 1.67. The summed E-state index contributed by atoms with van der Waals surface area (Å²) in [5, 5.41) is 8.57. The molecule has 0 aliphatic rings. The summed E-state index contributed by atoms with van der Waals surface area (Å²) in [6.45, 7) is 7.01. The maximum Gasteiger partial charge on any atom is 0.316 e. The van der Waals surface area contributed by atoms with Gasteiger partial charge in [-0.05, 0) is 27.2 Å². The van der Waals surface area contributed by atoms with Crippen LogP contribution in [0.2, 0.25) is 0 Å². The molecule has 1 rings (SSSR count). The third-order valence-electron chi connectivity index (χ3n) is 2.07. The lowest BCUT2D eigenvalue weighted by atomic mass is 10.2. The Bertz CT molecular complexity index is 401. The van der Waals surface area contributed by atoms with Crippen molar-refractivity contribution in [2.24, 2.45) is 0 Å². The number of thioether (sulfide) groups is 1. The average Bonchev–Trinajstić information content (AvgIpc) is 2.72. The maximum atomic E-state index is 11.6. The lowest BCUT2D eigenvalue weighted by Gasteiger charge is -2.19. The van der Waals surface area contributed by atoms with Crippen LogP contribution in [0.5, 0.6) is 0 Å². The van der Waals surface area contributed by atoms with Gasteiger partial charge in [0.25, 0.3) is 0 Å². The van der Waals surface area contributed by atoms with Crippen molar-refractivity contribution in [2.75, 3.05) is 19.5 Å². The molecule has 0 saturated heterocycles. The molecular weight excluding hydrogens is 266 g/mol. The second-order valence-corrected chi connectivity index (χ2v) is 5.97. The van der Waals surface area contributed by atoms with Gasteiger partial charge < -0.3 is 14.0 Å². The van der Waals surface area contributed by atoms with Crippen molar-refractivity contribution in [2.45, 2.75) is 44.5 Å². The molecule has 0 radical (unpaired) electrons. The zero-order chi connectivity index (χ0) is 14.3. The van der Waals surface area contributed by atoms with Gasteiger partial charge in [-0.3, -0.25) is 4.79 Å². The highest BCUT2D eigenvalue weighted by atomic mass is 32.2. The van der Waals surface area contributed by atoms with Crippen LogP contribution in [0, 0.1) is 0 Å². The van der Waals surface area contributed by atoms with Crippen molar-refractivity contribution in [3.05, 3.63) is 6.33 Å². The number of carbonyl (C=O) groups is 1. The summed E-state index contributed by atoms with van der Waals surface area (Å²) in [4.78, 5) is 11.6. The Hall–Kier alpha value is -1.08. The van der Waals surface area contributed by atoms with Crippen molar-refractivity contribution in [3.8, 4) is 0 Å². The fourth-order valence-electron chi connectivity index (χ4n) is 1.38. The molecule has 0 bridgehead atoms. The smallest absolute Gasteiger partial charge is 0.316 e. The molecule has 1 aromatic rings. The Morgan fingerprint density at radius 3 is 2.84 bits per heavy atom. The van der Waals surface area contributed by atoms with Gasteiger partial charge in [0.05, 0.1) is 5.75 Å². The van der Waals surface area contributed by atoms with E-state index >= 15 is 0 Å². The van der Waals surface area contributed by atoms with Gasteiger partial charge in [-0.15, -0.1) is 10.2 Å². The molecule has 0 atom stereocenters. The SMILES string of the molecule is COCCCn1cnnc1SCC(=O)OC(C)(C)C. The van der Waals surface area contributed by atoms with E-state index in [1.165, 1.54) is 11.8 Å². The minimum atomic E-state index is -0.455. The van der Waals surface area contributed by atoms with E-state index in [9.17, 15) is 4.79 Å². The summed E-state index contributed by atoms with van der Waals surface area (Å²) in [6.07, 6.45) is 2.54. The van der Waals surface area contributed by atoms with Crippen molar-refractivity contribution >= 4 is 17.7 Å². The zero-order valence-corrected chi connectivity index (χ0v) is 12.7. The second kappa shape index (κ2) is 7.49. The Morgan fingerprint density at radius 2 is 2.21 bits per heavy atom. The minimum Gasteiger partial charge on any atom is -0.459 e. The maximum absolute atomic E-state index is 11.6. The van der Waals surface area contributed by atoms with Gasteiger partial charge in [0.2, 0.25) is 0 Å². The monoisotopic (exact) mass is 287 g/mol. The first kappa shape index (κ1) is 16.0. The van der Waals surface area contributed by atoms with Gasteiger partial charge in [-0.2, -0.15) is 0 Å². The summed E-state index contributed by atoms with van der Waals surface area (Å²) < 4.78 is 12.1. The summed E-state index contributed by atoms with van der Waals surface area (Å²) in [5.41, 5.74) is -0.455. The number of carbonyl (C=O) groups excluding carboxylic acids is 1. The molecule has 0 saturated carbocycles. The normalized spacial score (nSPS) is 11.6. The molecule has 0 fully saturated rings. The third-order valence-corrected chi connectivity index (χ3v) is 3.02. The van der Waals surface area contributed by atoms with Crippen LogP contribution in [0.4, 0.5) is 0 Å². The van der Waals surface area contributed by atoms with Gasteiger partial charge >= 0.3 is 5.97 Å². The molecule has 6 nitrogen and oxygen atoms in total. The largest absolute Gasteiger partial charge is 0.459 e. The van der Waals surface area contributed by atoms with Crippen molar-refractivity contribution in [1.82, 2.24) is 14.8 Å². The van der Waals surface area contributed by atoms with Crippen molar-refractivity contribution in [1.29, 1.82) is 0 Å². The number of aryl methyl sites for hydroxylation is 1. The van der Waals surface area contributed by atoms with Gasteiger partial charge in [-0.1, -0.05) is 11.8 Å². The number of ether oxygens (including phenoxy) is 2. The standard InChI is InChI=1S/C12H21N3O3S/c1-12(2,3)18-10(16)8-19-11-14-13-9-15(11)6-5-7-17-4/h9H,5-8H2,1-4H3. The second-order valence-electron chi connectivity index (χ2n) is 5.03. The highest BCUT2D eigenvalue weighted by Gasteiger charge is 2.17. The van der Waals surface area contributed by atoms with Crippen LogP contribution < -0.4 is 0 Å². The lowest BCUT2D eigenvalue weighted by molar-refractivity contribution is -0.151. The molecule has 0 aliphatic heterocycles. The molecular formula is C12H21N3O3S. The van der Waals surface area contributed by atoms with Gasteiger partial charge in [0, 0.05) is 20.3 Å². The van der Waals surface area contributed by atoms with Crippen molar-refractivity contribution in [3.63, 3.8) is 0 Å². The third kappa shape index (κ3) is 6.58. The van der Waals surface area contributed by atoms with Gasteiger partial charge in [0.1, 0.15) is 11.9 Å². The molecule has 0 unspecified atom stereocenters. The summed E-state index contributed by atoms with van der Waals surface area (Å²) >= 11 is 1.33. The van der Waals surface area contributed by atoms with Crippen LogP contribution in [0.3, 0.4) is 0 Å². The zero-order valence-electron chi connectivity index (χ0n) is 11.9. The van der Waals surface area contributed by atoms with Crippen molar-refractivity contribution < 1.29 is 14.3 Å². The van der Waals surface area contributed by atoms with E-state index in [1.54, 1.807) is 13.4 Å². The Labute approximate surface area is 117 Å². The molecule has 0 spiro atoms. The van der Waals surface area contributed by atoms with Crippen LogP contribution in [0.15, 0.2) is 11.5 Å². The Morgan fingerprint density at radius 1 is 1.47 bits per heavy atom. The van der Waals surface area contributed by atoms with E-state index in [0.29, 0.717) is 6.61 Å². The first-order valence-corrected chi connectivity index (χ1v) is 7.12. The van der Waals surface area contributed by atoms with Crippen LogP contribution in [-0.4, -0.2) is 45.8 Å². The predicted molar refractivity (Wildman–Crippen MR) is 73.1 cm³/mol. The van der Waals surface area contributed by atoms with Gasteiger partial charge in [-0.25, -0.2) is 0 Å². The van der Waals surface area contributed by atoms with Crippen LogP contribution in [-0.2, 0) is 20.8 Å². The molecule has 0 amide bonds. The Balaban J connectivity index is 2.41. The molecule has 1 heterocycles. The lowest BCUT2D eigenvalue weighted by Crippen LogP contribution is -2.25. The molecule has 7 heteroatoms. The fourth-order valence-corrected chi connectivity index (χ4v) is 2.10. The number of methoxy groups -OCH3 is 1. The molecule has 1 aromatic heterocycles. The summed E-state index contributed by atoms with van der Waals surface area (Å²) in [5.74, 6) is -0.0100. The number of esters is 1. The topological polar surface area (TPSA) is 66.2 Å². The van der Waals surface area contributed by atoms with Crippen LogP contribution in [0.1, 0.15) is 27.2 Å². The first-order valence-electron chi connectivity index (χ1n) is 6.14.